The van der Waals surface area contributed by atoms with E-state index in [9.17, 15) is 5.11 Å². The van der Waals surface area contributed by atoms with Crippen molar-refractivity contribution in [1.82, 2.24) is 4.90 Å². The molecule has 1 unspecified atom stereocenters. The zero-order valence-electron chi connectivity index (χ0n) is 8.08. The summed E-state index contributed by atoms with van der Waals surface area (Å²) in [5, 5.41) is 9.84. The maximum absolute atomic E-state index is 9.84. The van der Waals surface area contributed by atoms with E-state index in [1.54, 1.807) is 0 Å². The van der Waals surface area contributed by atoms with E-state index < -0.39 is 0 Å². The molecule has 1 aliphatic carbocycles. The zero-order chi connectivity index (χ0) is 8.77. The lowest BCUT2D eigenvalue weighted by molar-refractivity contribution is -0.0481. The Morgan fingerprint density at radius 3 is 2.50 bits per heavy atom. The third-order valence-electron chi connectivity index (χ3n) is 3.42. The van der Waals surface area contributed by atoms with Crippen LogP contribution in [0.2, 0.25) is 0 Å². The van der Waals surface area contributed by atoms with Crippen LogP contribution in [-0.4, -0.2) is 34.2 Å². The lowest BCUT2D eigenvalue weighted by Crippen LogP contribution is -2.56. The van der Waals surface area contributed by atoms with E-state index >= 15 is 0 Å². The predicted molar refractivity (Wildman–Crippen MR) is 49.0 cm³/mol. The highest BCUT2D eigenvalue weighted by Gasteiger charge is 2.44. The number of likely N-dealkylation sites (tertiary alicyclic amines) is 1. The van der Waals surface area contributed by atoms with Crippen LogP contribution in [0.3, 0.4) is 0 Å². The largest absolute Gasteiger partial charge is 0.391 e. The molecule has 1 saturated heterocycles. The summed E-state index contributed by atoms with van der Waals surface area (Å²) >= 11 is 0. The first-order chi connectivity index (χ1) is 5.62. The van der Waals surface area contributed by atoms with Crippen molar-refractivity contribution >= 4 is 0 Å². The molecule has 12 heavy (non-hydrogen) atoms. The molecule has 1 heterocycles. The number of aliphatic hydroxyl groups excluding tert-OH is 1. The lowest BCUT2D eigenvalue weighted by Gasteiger charge is -2.46. The number of aliphatic hydroxyl groups is 1. The fraction of sp³-hybridized carbons (Fsp3) is 1.00. The van der Waals surface area contributed by atoms with Crippen molar-refractivity contribution in [2.75, 3.05) is 6.54 Å². The first-order valence-corrected chi connectivity index (χ1v) is 5.07. The zero-order valence-corrected chi connectivity index (χ0v) is 8.08. The first-order valence-electron chi connectivity index (χ1n) is 5.07. The van der Waals surface area contributed by atoms with Gasteiger partial charge in [0.2, 0.25) is 0 Å². The maximum Gasteiger partial charge on any atom is 0.0719 e. The molecule has 0 aromatic heterocycles. The predicted octanol–water partition coefficient (Wildman–Crippen LogP) is 1.38. The molecule has 1 atom stereocenters. The van der Waals surface area contributed by atoms with Crippen LogP contribution in [0.1, 0.15) is 39.5 Å². The molecule has 0 amide bonds. The Balaban J connectivity index is 2.09. The van der Waals surface area contributed by atoms with Crippen LogP contribution in [-0.2, 0) is 0 Å². The van der Waals surface area contributed by atoms with E-state index in [-0.39, 0.29) is 11.6 Å². The Morgan fingerprint density at radius 2 is 1.92 bits per heavy atom. The second-order valence-corrected chi connectivity index (χ2v) is 4.74. The van der Waals surface area contributed by atoms with Crippen molar-refractivity contribution < 1.29 is 5.11 Å². The molecular formula is C10H19NO. The Morgan fingerprint density at radius 1 is 1.25 bits per heavy atom. The van der Waals surface area contributed by atoms with Crippen molar-refractivity contribution in [2.24, 2.45) is 0 Å². The molecule has 1 aliphatic heterocycles. The molecule has 0 aromatic carbocycles. The van der Waals surface area contributed by atoms with Gasteiger partial charge in [0.1, 0.15) is 0 Å². The highest BCUT2D eigenvalue weighted by atomic mass is 16.3. The molecule has 2 rings (SSSR count). The van der Waals surface area contributed by atoms with Crippen molar-refractivity contribution in [3.8, 4) is 0 Å². The Hall–Kier alpha value is -0.0800. The van der Waals surface area contributed by atoms with Crippen LogP contribution in [0.15, 0.2) is 0 Å². The monoisotopic (exact) mass is 169 g/mol. The third kappa shape index (κ3) is 1.27. The molecular weight excluding hydrogens is 150 g/mol. The smallest absolute Gasteiger partial charge is 0.0719 e. The number of nitrogens with zero attached hydrogens (tertiary/aromatic N) is 1. The van der Waals surface area contributed by atoms with Crippen molar-refractivity contribution in [3.63, 3.8) is 0 Å². The summed E-state index contributed by atoms with van der Waals surface area (Å²) in [5.41, 5.74) is 0.0272. The van der Waals surface area contributed by atoms with E-state index in [0.717, 1.165) is 12.5 Å². The van der Waals surface area contributed by atoms with Gasteiger partial charge in [0.15, 0.2) is 0 Å². The summed E-state index contributed by atoms with van der Waals surface area (Å²) in [7, 11) is 0. The fourth-order valence-corrected chi connectivity index (χ4v) is 2.33. The quantitative estimate of drug-likeness (QED) is 0.641. The van der Waals surface area contributed by atoms with Gasteiger partial charge in [0.05, 0.1) is 6.10 Å². The molecule has 2 heteroatoms. The topological polar surface area (TPSA) is 23.5 Å². The van der Waals surface area contributed by atoms with Gasteiger partial charge >= 0.3 is 0 Å². The van der Waals surface area contributed by atoms with Crippen molar-refractivity contribution in [1.29, 1.82) is 0 Å². The summed E-state index contributed by atoms with van der Waals surface area (Å²) in [4.78, 5) is 2.50. The molecule has 2 fully saturated rings. The maximum atomic E-state index is 9.84. The van der Waals surface area contributed by atoms with Gasteiger partial charge in [-0.2, -0.15) is 0 Å². The second kappa shape index (κ2) is 2.71. The van der Waals surface area contributed by atoms with Crippen LogP contribution in [0.25, 0.3) is 0 Å². The van der Waals surface area contributed by atoms with E-state index in [2.05, 4.69) is 18.7 Å². The van der Waals surface area contributed by atoms with Gasteiger partial charge in [-0.25, -0.2) is 0 Å². The first kappa shape index (κ1) is 8.52. The van der Waals surface area contributed by atoms with Gasteiger partial charge < -0.3 is 5.11 Å². The van der Waals surface area contributed by atoms with Gasteiger partial charge in [-0.15, -0.1) is 0 Å². The van der Waals surface area contributed by atoms with E-state index in [1.165, 1.54) is 25.8 Å². The molecule has 1 saturated carbocycles. The summed E-state index contributed by atoms with van der Waals surface area (Å²) in [6.07, 6.45) is 4.72. The van der Waals surface area contributed by atoms with E-state index in [1.807, 2.05) is 0 Å². The average molecular weight is 169 g/mol. The van der Waals surface area contributed by atoms with Crippen LogP contribution < -0.4 is 0 Å². The second-order valence-electron chi connectivity index (χ2n) is 4.74. The summed E-state index contributed by atoms with van der Waals surface area (Å²) in [6, 6.07) is 0.787. The van der Waals surface area contributed by atoms with Crippen LogP contribution in [0.4, 0.5) is 0 Å². The highest BCUT2D eigenvalue weighted by molar-refractivity contribution is 4.99. The molecule has 0 spiro atoms. The van der Waals surface area contributed by atoms with Crippen molar-refractivity contribution in [3.05, 3.63) is 0 Å². The van der Waals surface area contributed by atoms with Gasteiger partial charge in [0.25, 0.3) is 0 Å². The molecule has 2 nitrogen and oxygen atoms in total. The number of hydrogen-bond donors (Lipinski definition) is 1. The summed E-state index contributed by atoms with van der Waals surface area (Å²) in [5.74, 6) is 0. The minimum absolute atomic E-state index is 0.0272. The summed E-state index contributed by atoms with van der Waals surface area (Å²) in [6.45, 7) is 5.54. The SMILES string of the molecule is CC1(C)C(O)CCCN1C1CC1. The Labute approximate surface area is 74.6 Å². The van der Waals surface area contributed by atoms with Gasteiger partial charge in [-0.05, 0) is 46.1 Å². The standard InChI is InChI=1S/C10H19NO/c1-10(2)9(12)4-3-7-11(10)8-5-6-8/h8-9,12H,3-7H2,1-2H3. The highest BCUT2D eigenvalue weighted by Crippen LogP contribution is 2.37. The average Bonchev–Trinajstić information content (AvgIpc) is 2.77. The van der Waals surface area contributed by atoms with E-state index in [4.69, 9.17) is 0 Å². The third-order valence-corrected chi connectivity index (χ3v) is 3.42. The minimum Gasteiger partial charge on any atom is -0.391 e. The molecule has 2 aliphatic rings. The van der Waals surface area contributed by atoms with Crippen LogP contribution >= 0.6 is 0 Å². The Bertz CT molecular complexity index is 175. The van der Waals surface area contributed by atoms with Crippen molar-refractivity contribution in [2.45, 2.75) is 57.2 Å². The van der Waals surface area contributed by atoms with Crippen LogP contribution in [0.5, 0.6) is 0 Å². The molecule has 0 radical (unpaired) electrons. The molecule has 70 valence electrons. The number of hydrogen-bond acceptors (Lipinski definition) is 2. The lowest BCUT2D eigenvalue weighted by atomic mass is 9.87. The molecule has 1 N–H and O–H groups in total. The Kier molecular flexibility index (Phi) is 1.92. The summed E-state index contributed by atoms with van der Waals surface area (Å²) < 4.78 is 0. The fourth-order valence-electron chi connectivity index (χ4n) is 2.33. The number of piperidine rings is 1. The number of rotatable bonds is 1. The van der Waals surface area contributed by atoms with Gasteiger partial charge in [-0.1, -0.05) is 0 Å². The molecule has 0 bridgehead atoms. The van der Waals surface area contributed by atoms with Crippen LogP contribution in [0, 0.1) is 0 Å². The van der Waals surface area contributed by atoms with Gasteiger partial charge in [-0.3, -0.25) is 4.90 Å². The molecule has 0 aromatic rings. The normalized spacial score (nSPS) is 36.8. The van der Waals surface area contributed by atoms with Gasteiger partial charge in [0, 0.05) is 11.6 Å². The van der Waals surface area contributed by atoms with E-state index in [0.29, 0.717) is 0 Å². The minimum atomic E-state index is -0.119.